The monoisotopic (exact) mass is 1100 g/mol. The second-order valence-electron chi connectivity index (χ2n) is 14.7. The molecule has 0 bridgehead atoms. The molecule has 4 aromatic carbocycles. The summed E-state index contributed by atoms with van der Waals surface area (Å²) < 4.78 is 36.6. The molecule has 16 nitrogen and oxygen atoms in total. The molecular weight excluding hydrogens is 1050 g/mol. The van der Waals surface area contributed by atoms with Crippen molar-refractivity contribution in [2.24, 2.45) is 21.1 Å². The van der Waals surface area contributed by atoms with E-state index in [1.807, 2.05) is 146 Å². The predicted octanol–water partition coefficient (Wildman–Crippen LogP) is 10.7. The molecule has 6 radical (unpaired) electrons. The molecule has 12 rings (SSSR count). The van der Waals surface area contributed by atoms with Crippen molar-refractivity contribution in [3.05, 3.63) is 170 Å². The number of carbonyl (C=O) groups is 1. The van der Waals surface area contributed by atoms with Crippen molar-refractivity contribution in [3.63, 3.8) is 0 Å². The van der Waals surface area contributed by atoms with Gasteiger partial charge >= 0.3 is 34.8 Å². The molecule has 8 heterocycles. The molecule has 0 amide bonds. The Bertz CT molecular complexity index is 3640. The number of aliphatic hydroxyl groups is 2. The molecule has 0 spiro atoms. The summed E-state index contributed by atoms with van der Waals surface area (Å²) in [6.45, 7) is -0.0925. The van der Waals surface area contributed by atoms with Gasteiger partial charge in [-0.1, -0.05) is 87.6 Å². The third kappa shape index (κ3) is 16.1. The Morgan fingerprint density at radius 1 is 0.560 bits per heavy atom. The predicted molar refractivity (Wildman–Crippen MR) is 300 cm³/mol. The van der Waals surface area contributed by atoms with Gasteiger partial charge in [-0.3, -0.25) is 28.5 Å². The molecule has 3 N–H and O–H groups in total. The van der Waals surface area contributed by atoms with Crippen LogP contribution in [0.3, 0.4) is 0 Å². The minimum Gasteiger partial charge on any atom is -1.00 e. The molecule has 0 aliphatic carbocycles. The van der Waals surface area contributed by atoms with Gasteiger partial charge < -0.3 is 29.3 Å². The van der Waals surface area contributed by atoms with Gasteiger partial charge in [-0.05, 0) is 107 Å². The maximum atomic E-state index is 10.6. The van der Waals surface area contributed by atoms with Gasteiger partial charge in [0.2, 0.25) is 0 Å². The van der Waals surface area contributed by atoms with Crippen molar-refractivity contribution >= 4 is 106 Å². The Hall–Kier alpha value is -6.30. The molecule has 75 heavy (non-hydrogen) atoms. The van der Waals surface area contributed by atoms with E-state index in [-0.39, 0.29) is 69.3 Å². The van der Waals surface area contributed by atoms with Crippen LogP contribution in [0.4, 0.5) is 0 Å². The van der Waals surface area contributed by atoms with E-state index in [0.717, 1.165) is 85.0 Å². The first-order chi connectivity index (χ1) is 33.9. The van der Waals surface area contributed by atoms with E-state index in [1.54, 1.807) is 35.4 Å². The number of aryl methyl sites for hydroxylation is 3. The molecule has 0 saturated heterocycles. The normalized spacial score (nSPS) is 10.1. The van der Waals surface area contributed by atoms with Gasteiger partial charge in [0.15, 0.2) is 35.1 Å². The van der Waals surface area contributed by atoms with Crippen molar-refractivity contribution < 1.29 is 68.2 Å². The number of aliphatic hydroxyl groups excluding tert-OH is 2. The zero-order valence-corrected chi connectivity index (χ0v) is 45.2. The third-order valence-corrected chi connectivity index (χ3v) is 10.3. The Morgan fingerprint density at radius 2 is 0.947 bits per heavy atom. The number of para-hydroxylation sites is 4. The number of hydrogen-bond donors (Lipinski definition) is 3. The van der Waals surface area contributed by atoms with E-state index >= 15 is 0 Å². The van der Waals surface area contributed by atoms with Gasteiger partial charge in [0.1, 0.15) is 35.1 Å². The number of nitrogens with one attached hydrogen (secondary N) is 1. The first-order valence-corrected chi connectivity index (χ1v) is 25.5. The minimum absolute atomic E-state index is 0. The summed E-state index contributed by atoms with van der Waals surface area (Å²) in [4.78, 5) is 10.6. The van der Waals surface area contributed by atoms with Crippen LogP contribution in [0.5, 0.6) is 0 Å². The summed E-state index contributed by atoms with van der Waals surface area (Å²) in [5, 5.41) is 37.6. The van der Waals surface area contributed by atoms with Gasteiger partial charge in [0, 0.05) is 66.6 Å². The number of aromatic amines is 1. The summed E-state index contributed by atoms with van der Waals surface area (Å²) in [6.07, 6.45) is 4.01. The first-order valence-electron chi connectivity index (χ1n) is 21.0. The van der Waals surface area contributed by atoms with Gasteiger partial charge in [0.05, 0.1) is 34.6 Å². The number of nitrogens with zero attached hydrogens (tertiary/aromatic N) is 7. The quantitative estimate of drug-likeness (QED) is 0.0807. The second-order valence-corrected chi connectivity index (χ2v) is 21.3. The van der Waals surface area contributed by atoms with Crippen LogP contribution in [-0.4, -0.2) is 80.0 Å². The van der Waals surface area contributed by atoms with Crippen LogP contribution in [0.25, 0.3) is 89.4 Å². The van der Waals surface area contributed by atoms with Gasteiger partial charge in [-0.15, -0.1) is 0 Å². The van der Waals surface area contributed by atoms with Crippen molar-refractivity contribution in [3.8, 4) is 45.8 Å². The first kappa shape index (κ1) is 64.8. The largest absolute Gasteiger partial charge is 1.00 e. The van der Waals surface area contributed by atoms with Crippen LogP contribution >= 0.6 is 38.9 Å². The third-order valence-electron chi connectivity index (χ3n) is 10.3. The van der Waals surface area contributed by atoms with Crippen molar-refractivity contribution in [2.75, 3.05) is 7.11 Å². The smallest absolute Gasteiger partial charge is 1.00 e. The van der Waals surface area contributed by atoms with Crippen LogP contribution in [0, 0.1) is 0 Å². The molecule has 0 unspecified atom stereocenters. The number of fused-ring (bicyclic) bond motifs is 4. The molecular formula is C52H53B2Cl3N8NaO8P. The zero-order chi connectivity index (χ0) is 49.8. The SMILES string of the molecule is C.C.CO.Cn1nc(-c2ccc(C=O)o2)c2ccccc21.Cn1nc(-c2ccc(CO)o2)c2ccccc21.Cn1nc(-c2ccco2)c2ccccc21.O=P(Cl)(Cl)Cl.[B].[B].[H-].[Na+].c1coc(-c2n[nH]c3ccccc23)c1. The molecule has 0 aliphatic rings. The number of H-pyrrole nitrogens is 1. The van der Waals surface area contributed by atoms with E-state index in [2.05, 4.69) is 71.3 Å². The van der Waals surface area contributed by atoms with E-state index in [4.69, 9.17) is 27.9 Å². The fraction of sp³-hybridized carbons (Fsp3) is 0.135. The van der Waals surface area contributed by atoms with Crippen molar-refractivity contribution in [1.29, 1.82) is 0 Å². The number of aldehydes is 1. The number of rotatable bonds is 6. The average molecular weight is 1100 g/mol. The maximum Gasteiger partial charge on any atom is 1.00 e. The standard InChI is InChI=1S/C13H12N2O2.C13H10N2O2.C12H10N2O.C11H8N2O.CH4O.2CH4.2B.Cl3OP.Na.H/c2*1-15-11-5-3-2-4-10(11)13(14-15)12-7-6-9(8-16)17-12;1-14-10-6-3-2-5-9(10)12(13-14)11-7-4-8-15-11;1-2-5-9-8(4-1)11(13-12-9)10-6-3-7-14-10;1-2;;;;;1-5(2,3)4;;/h2-7,16H,8H2,1H3;2-8H,1H3;2-8H,1H3;1-7H,(H,12,13);2H,1H3;2*1H4;;;;;/q;;;;;;;;;;+1;-1. The topological polar surface area (TPSA) is 209 Å². The fourth-order valence-electron chi connectivity index (χ4n) is 7.30. The van der Waals surface area contributed by atoms with E-state index in [0.29, 0.717) is 29.3 Å². The van der Waals surface area contributed by atoms with Crippen LogP contribution < -0.4 is 29.6 Å². The summed E-state index contributed by atoms with van der Waals surface area (Å²) in [6, 6.07) is 46.6. The van der Waals surface area contributed by atoms with E-state index < -0.39 is 5.20 Å². The summed E-state index contributed by atoms with van der Waals surface area (Å²) in [5.74, 6) is 3.77. The number of benzene rings is 4. The van der Waals surface area contributed by atoms with Crippen molar-refractivity contribution in [1.82, 2.24) is 39.5 Å². The zero-order valence-electron chi connectivity index (χ0n) is 41.0. The minimum atomic E-state index is -3.22. The summed E-state index contributed by atoms with van der Waals surface area (Å²) in [5.41, 5.74) is 7.57. The van der Waals surface area contributed by atoms with E-state index in [1.165, 1.54) is 0 Å². The van der Waals surface area contributed by atoms with Gasteiger partial charge in [0.25, 0.3) is 0 Å². The molecule has 382 valence electrons. The maximum absolute atomic E-state index is 10.6. The van der Waals surface area contributed by atoms with Crippen LogP contribution in [0.1, 0.15) is 32.6 Å². The van der Waals surface area contributed by atoms with Gasteiger partial charge in [-0.2, -0.15) is 20.4 Å². The van der Waals surface area contributed by atoms with Crippen LogP contribution in [-0.2, 0) is 32.3 Å². The molecule has 0 saturated carbocycles. The molecule has 12 aromatic rings. The summed E-state index contributed by atoms with van der Waals surface area (Å²) in [7, 11) is 6.73. The second kappa shape index (κ2) is 30.3. The van der Waals surface area contributed by atoms with Crippen molar-refractivity contribution in [2.45, 2.75) is 21.5 Å². The molecule has 0 aliphatic heterocycles. The van der Waals surface area contributed by atoms with Gasteiger partial charge in [-0.25, -0.2) is 0 Å². The number of halogens is 3. The Labute approximate surface area is 475 Å². The Kier molecular flexibility index (Phi) is 26.2. The fourth-order valence-corrected chi connectivity index (χ4v) is 7.30. The molecule has 0 atom stereocenters. The van der Waals surface area contributed by atoms with E-state index in [9.17, 15) is 9.36 Å². The molecule has 8 aromatic heterocycles. The Morgan fingerprint density at radius 3 is 1.35 bits per heavy atom. The number of aromatic nitrogens is 8. The average Bonchev–Trinajstić information content (AvgIpc) is 4.24. The molecule has 23 heteroatoms. The summed E-state index contributed by atoms with van der Waals surface area (Å²) >= 11 is 13.8. The number of furan rings is 4. The van der Waals surface area contributed by atoms with Crippen LogP contribution in [0.2, 0.25) is 0 Å². The number of hydrogen-bond acceptors (Lipinski definition) is 12. The molecule has 0 fully saturated rings. The number of carbonyl (C=O) groups excluding carboxylic acids is 1. The Balaban J connectivity index is 0.000000475. The van der Waals surface area contributed by atoms with Crippen LogP contribution in [0.15, 0.2) is 176 Å².